The molecule has 1 aromatic rings. The summed E-state index contributed by atoms with van der Waals surface area (Å²) in [4.78, 5) is 14.4. The Labute approximate surface area is 137 Å². The third-order valence-electron chi connectivity index (χ3n) is 5.04. The van der Waals surface area contributed by atoms with Crippen molar-refractivity contribution in [1.82, 2.24) is 10.2 Å². The predicted molar refractivity (Wildman–Crippen MR) is 88.3 cm³/mol. The maximum absolute atomic E-state index is 12.5. The fourth-order valence-electron chi connectivity index (χ4n) is 3.44. The van der Waals surface area contributed by atoms with Crippen molar-refractivity contribution in [2.24, 2.45) is 5.41 Å². The zero-order valence-electron chi connectivity index (χ0n) is 13.8. The van der Waals surface area contributed by atoms with Crippen molar-refractivity contribution in [1.29, 1.82) is 0 Å². The van der Waals surface area contributed by atoms with E-state index in [-0.39, 0.29) is 17.6 Å². The SMILES string of the molecule is COC(CNC(=O)N1CCOCC2(CCC2)C1)c1ccccc1. The Hall–Kier alpha value is -1.59. The summed E-state index contributed by atoms with van der Waals surface area (Å²) < 4.78 is 11.2. The number of hydrogen-bond acceptors (Lipinski definition) is 3. The molecule has 1 saturated heterocycles. The quantitative estimate of drug-likeness (QED) is 0.928. The van der Waals surface area contributed by atoms with E-state index in [0.29, 0.717) is 19.7 Å². The summed E-state index contributed by atoms with van der Waals surface area (Å²) in [6, 6.07) is 9.96. The van der Waals surface area contributed by atoms with E-state index < -0.39 is 0 Å². The molecule has 1 aliphatic heterocycles. The summed E-state index contributed by atoms with van der Waals surface area (Å²) in [6.45, 7) is 3.37. The van der Waals surface area contributed by atoms with Crippen molar-refractivity contribution in [2.45, 2.75) is 25.4 Å². The van der Waals surface area contributed by atoms with Gasteiger partial charge >= 0.3 is 6.03 Å². The van der Waals surface area contributed by atoms with Gasteiger partial charge in [-0.1, -0.05) is 36.8 Å². The van der Waals surface area contributed by atoms with Crippen LogP contribution in [0.1, 0.15) is 30.9 Å². The Morgan fingerprint density at radius 3 is 2.83 bits per heavy atom. The second-order valence-electron chi connectivity index (χ2n) is 6.65. The van der Waals surface area contributed by atoms with E-state index in [9.17, 15) is 4.79 Å². The highest BCUT2D eigenvalue weighted by Gasteiger charge is 2.41. The van der Waals surface area contributed by atoms with Crippen LogP contribution in [0.3, 0.4) is 0 Å². The lowest BCUT2D eigenvalue weighted by Crippen LogP contribution is -2.49. The number of amides is 2. The van der Waals surface area contributed by atoms with E-state index >= 15 is 0 Å². The van der Waals surface area contributed by atoms with Crippen LogP contribution in [0.2, 0.25) is 0 Å². The first-order valence-corrected chi connectivity index (χ1v) is 8.41. The summed E-state index contributed by atoms with van der Waals surface area (Å²) in [7, 11) is 1.67. The molecule has 2 aliphatic rings. The molecule has 0 aromatic heterocycles. The molecule has 1 saturated carbocycles. The van der Waals surface area contributed by atoms with E-state index in [1.165, 1.54) is 19.3 Å². The number of methoxy groups -OCH3 is 1. The second kappa shape index (κ2) is 7.32. The van der Waals surface area contributed by atoms with Gasteiger partial charge in [0.05, 0.1) is 19.3 Å². The van der Waals surface area contributed by atoms with Gasteiger partial charge in [-0.05, 0) is 18.4 Å². The van der Waals surface area contributed by atoms with Crippen molar-refractivity contribution in [3.63, 3.8) is 0 Å². The molecule has 1 atom stereocenters. The number of carbonyl (C=O) groups excluding carboxylic acids is 1. The number of carbonyl (C=O) groups is 1. The minimum absolute atomic E-state index is 0.0141. The molecule has 0 bridgehead atoms. The molecule has 5 heteroatoms. The van der Waals surface area contributed by atoms with Crippen LogP contribution < -0.4 is 5.32 Å². The molecule has 1 unspecified atom stereocenters. The summed E-state index contributed by atoms with van der Waals surface area (Å²) in [5, 5.41) is 3.02. The topological polar surface area (TPSA) is 50.8 Å². The molecule has 5 nitrogen and oxygen atoms in total. The van der Waals surface area contributed by atoms with Crippen molar-refractivity contribution in [3.8, 4) is 0 Å². The largest absolute Gasteiger partial charge is 0.379 e. The van der Waals surface area contributed by atoms with Crippen molar-refractivity contribution in [3.05, 3.63) is 35.9 Å². The molecule has 1 aromatic carbocycles. The average molecular weight is 318 g/mol. The average Bonchev–Trinajstić information content (AvgIpc) is 2.79. The van der Waals surface area contributed by atoms with Gasteiger partial charge < -0.3 is 19.7 Å². The van der Waals surface area contributed by atoms with E-state index in [1.54, 1.807) is 7.11 Å². The maximum atomic E-state index is 12.5. The number of ether oxygens (including phenoxy) is 2. The molecular formula is C18H26N2O3. The van der Waals surface area contributed by atoms with Gasteiger partial charge in [0, 0.05) is 32.2 Å². The maximum Gasteiger partial charge on any atom is 0.317 e. The number of hydrogen-bond donors (Lipinski definition) is 1. The number of rotatable bonds is 4. The highest BCUT2D eigenvalue weighted by molar-refractivity contribution is 5.74. The van der Waals surface area contributed by atoms with Crippen LogP contribution in [0.5, 0.6) is 0 Å². The van der Waals surface area contributed by atoms with Crippen LogP contribution in [0, 0.1) is 5.41 Å². The summed E-state index contributed by atoms with van der Waals surface area (Å²) in [5.41, 5.74) is 1.28. The number of nitrogens with one attached hydrogen (secondary N) is 1. The molecule has 2 fully saturated rings. The molecule has 1 aliphatic carbocycles. The smallest absolute Gasteiger partial charge is 0.317 e. The monoisotopic (exact) mass is 318 g/mol. The summed E-state index contributed by atoms with van der Waals surface area (Å²) in [6.07, 6.45) is 3.46. The standard InChI is InChI=1S/C18H26N2O3/c1-22-16(15-6-3-2-4-7-15)12-19-17(21)20-10-11-23-14-18(13-20)8-5-9-18/h2-4,6-7,16H,5,8-14H2,1H3,(H,19,21). The van der Waals surface area contributed by atoms with E-state index in [1.807, 2.05) is 35.2 Å². The highest BCUT2D eigenvalue weighted by atomic mass is 16.5. The molecule has 23 heavy (non-hydrogen) atoms. The van der Waals surface area contributed by atoms with Crippen LogP contribution in [-0.4, -0.2) is 50.9 Å². The third kappa shape index (κ3) is 3.85. The van der Waals surface area contributed by atoms with Crippen molar-refractivity contribution >= 4 is 6.03 Å². The fourth-order valence-corrected chi connectivity index (χ4v) is 3.44. The first-order valence-electron chi connectivity index (χ1n) is 8.41. The number of benzene rings is 1. The molecular weight excluding hydrogens is 292 g/mol. The molecule has 1 spiro atoms. The molecule has 1 N–H and O–H groups in total. The van der Waals surface area contributed by atoms with Crippen LogP contribution in [0.4, 0.5) is 4.79 Å². The second-order valence-corrected chi connectivity index (χ2v) is 6.65. The Bertz CT molecular complexity index is 516. The summed E-state index contributed by atoms with van der Waals surface area (Å²) in [5.74, 6) is 0. The zero-order chi connectivity index (χ0) is 16.1. The van der Waals surface area contributed by atoms with Gasteiger partial charge in [0.25, 0.3) is 0 Å². The Morgan fingerprint density at radius 1 is 1.39 bits per heavy atom. The molecule has 3 rings (SSSR count). The predicted octanol–water partition coefficient (Wildman–Crippen LogP) is 2.59. The van der Waals surface area contributed by atoms with Crippen LogP contribution in [0.15, 0.2) is 30.3 Å². The first-order chi connectivity index (χ1) is 11.2. The normalized spacial score (nSPS) is 21.3. The minimum Gasteiger partial charge on any atom is -0.379 e. The van der Waals surface area contributed by atoms with Crippen molar-refractivity contribution in [2.75, 3.05) is 40.0 Å². The first kappa shape index (κ1) is 16.3. The molecule has 1 heterocycles. The lowest BCUT2D eigenvalue weighted by atomic mass is 9.69. The fraction of sp³-hybridized carbons (Fsp3) is 0.611. The van der Waals surface area contributed by atoms with Gasteiger partial charge in [-0.3, -0.25) is 0 Å². The van der Waals surface area contributed by atoms with Gasteiger partial charge in [0.15, 0.2) is 0 Å². The van der Waals surface area contributed by atoms with Gasteiger partial charge in [-0.25, -0.2) is 4.79 Å². The lowest BCUT2D eigenvalue weighted by Gasteiger charge is -2.42. The van der Waals surface area contributed by atoms with Gasteiger partial charge in [0.1, 0.15) is 0 Å². The van der Waals surface area contributed by atoms with Crippen LogP contribution >= 0.6 is 0 Å². The van der Waals surface area contributed by atoms with Crippen LogP contribution in [-0.2, 0) is 9.47 Å². The minimum atomic E-state index is -0.124. The lowest BCUT2D eigenvalue weighted by molar-refractivity contribution is 0.0125. The number of urea groups is 1. The summed E-state index contributed by atoms with van der Waals surface area (Å²) >= 11 is 0. The molecule has 0 radical (unpaired) electrons. The van der Waals surface area contributed by atoms with Gasteiger partial charge in [-0.2, -0.15) is 0 Å². The van der Waals surface area contributed by atoms with Gasteiger partial charge in [0.2, 0.25) is 0 Å². The number of nitrogens with zero attached hydrogens (tertiary/aromatic N) is 1. The third-order valence-corrected chi connectivity index (χ3v) is 5.04. The Morgan fingerprint density at radius 2 is 2.17 bits per heavy atom. The zero-order valence-corrected chi connectivity index (χ0v) is 13.8. The van der Waals surface area contributed by atoms with E-state index in [4.69, 9.17) is 9.47 Å². The van der Waals surface area contributed by atoms with Gasteiger partial charge in [-0.15, -0.1) is 0 Å². The molecule has 126 valence electrons. The van der Waals surface area contributed by atoms with E-state index in [0.717, 1.165) is 18.7 Å². The van der Waals surface area contributed by atoms with Crippen molar-refractivity contribution < 1.29 is 14.3 Å². The van der Waals surface area contributed by atoms with Crippen LogP contribution in [0.25, 0.3) is 0 Å². The molecule has 2 amide bonds. The highest BCUT2D eigenvalue weighted by Crippen LogP contribution is 2.42. The van der Waals surface area contributed by atoms with E-state index in [2.05, 4.69) is 5.32 Å². The Kier molecular flexibility index (Phi) is 5.18. The Balaban J connectivity index is 1.55.